The lowest BCUT2D eigenvalue weighted by Gasteiger charge is -2.13. The Morgan fingerprint density at radius 3 is 3.00 bits per heavy atom. The fraction of sp³-hybridized carbons (Fsp3) is 0.417. The predicted octanol–water partition coefficient (Wildman–Crippen LogP) is 1.70. The van der Waals surface area contributed by atoms with Gasteiger partial charge in [-0.1, -0.05) is 12.1 Å². The van der Waals surface area contributed by atoms with Crippen LogP contribution in [0, 0.1) is 5.82 Å². The van der Waals surface area contributed by atoms with E-state index in [1.165, 1.54) is 6.07 Å². The van der Waals surface area contributed by atoms with Crippen LogP contribution in [0.25, 0.3) is 0 Å². The molecule has 0 aromatic heterocycles. The van der Waals surface area contributed by atoms with Crippen molar-refractivity contribution in [2.24, 2.45) is 5.73 Å². The van der Waals surface area contributed by atoms with E-state index >= 15 is 0 Å². The maximum Gasteiger partial charge on any atom is 0.221 e. The van der Waals surface area contributed by atoms with Gasteiger partial charge >= 0.3 is 0 Å². The summed E-state index contributed by atoms with van der Waals surface area (Å²) >= 11 is 0. The Kier molecular flexibility index (Phi) is 4.90. The van der Waals surface area contributed by atoms with Crippen LogP contribution >= 0.6 is 12.4 Å². The van der Waals surface area contributed by atoms with Gasteiger partial charge in [0.05, 0.1) is 6.04 Å². The molecule has 1 aliphatic carbocycles. The molecule has 0 radical (unpaired) electrons. The summed E-state index contributed by atoms with van der Waals surface area (Å²) in [6.07, 6.45) is 1.78. The molecule has 2 rings (SSSR count). The van der Waals surface area contributed by atoms with Gasteiger partial charge in [-0.3, -0.25) is 4.79 Å². The molecule has 1 unspecified atom stereocenters. The van der Waals surface area contributed by atoms with E-state index in [4.69, 9.17) is 5.73 Å². The zero-order chi connectivity index (χ0) is 11.5. The number of carbonyl (C=O) groups excluding carboxylic acids is 1. The summed E-state index contributed by atoms with van der Waals surface area (Å²) in [5.74, 6) is -0.238. The molecule has 0 spiro atoms. The molecule has 0 fully saturated rings. The van der Waals surface area contributed by atoms with Gasteiger partial charge in [0.25, 0.3) is 0 Å². The van der Waals surface area contributed by atoms with Crippen molar-refractivity contribution >= 4 is 18.3 Å². The molecule has 1 aliphatic rings. The number of nitrogens with one attached hydrogen (secondary N) is 1. The van der Waals surface area contributed by atoms with Crippen molar-refractivity contribution in [3.05, 3.63) is 35.1 Å². The lowest BCUT2D eigenvalue weighted by atomic mass is 10.1. The minimum Gasteiger partial charge on any atom is -0.349 e. The van der Waals surface area contributed by atoms with E-state index in [-0.39, 0.29) is 30.2 Å². The molecule has 1 atom stereocenters. The first-order chi connectivity index (χ1) is 7.72. The SMILES string of the molecule is Cl.NCCC(=O)NC1CCc2c(F)cccc21. The molecule has 1 aromatic rings. The Labute approximate surface area is 106 Å². The molecule has 17 heavy (non-hydrogen) atoms. The number of carbonyl (C=O) groups is 1. The summed E-state index contributed by atoms with van der Waals surface area (Å²) in [7, 11) is 0. The van der Waals surface area contributed by atoms with Gasteiger partial charge < -0.3 is 11.1 Å². The van der Waals surface area contributed by atoms with Gasteiger partial charge in [-0.2, -0.15) is 0 Å². The second-order valence-corrected chi connectivity index (χ2v) is 4.01. The van der Waals surface area contributed by atoms with Crippen LogP contribution in [0.2, 0.25) is 0 Å². The van der Waals surface area contributed by atoms with Gasteiger partial charge in [0.15, 0.2) is 0 Å². The fourth-order valence-corrected chi connectivity index (χ4v) is 2.16. The van der Waals surface area contributed by atoms with E-state index in [9.17, 15) is 9.18 Å². The number of hydrogen-bond donors (Lipinski definition) is 2. The maximum absolute atomic E-state index is 13.4. The zero-order valence-corrected chi connectivity index (χ0v) is 10.2. The van der Waals surface area contributed by atoms with Gasteiger partial charge in [-0.05, 0) is 30.0 Å². The predicted molar refractivity (Wildman–Crippen MR) is 66.5 cm³/mol. The summed E-state index contributed by atoms with van der Waals surface area (Å²) < 4.78 is 13.4. The number of nitrogens with two attached hydrogens (primary N) is 1. The van der Waals surface area contributed by atoms with E-state index in [0.29, 0.717) is 19.4 Å². The molecule has 0 saturated carbocycles. The quantitative estimate of drug-likeness (QED) is 0.867. The highest BCUT2D eigenvalue weighted by atomic mass is 35.5. The molecule has 1 aromatic carbocycles. The van der Waals surface area contributed by atoms with Crippen molar-refractivity contribution in [2.45, 2.75) is 25.3 Å². The molecule has 0 saturated heterocycles. The molecular weight excluding hydrogens is 243 g/mol. The topological polar surface area (TPSA) is 55.1 Å². The van der Waals surface area contributed by atoms with Crippen LogP contribution in [0.5, 0.6) is 0 Å². The second-order valence-electron chi connectivity index (χ2n) is 4.01. The zero-order valence-electron chi connectivity index (χ0n) is 9.41. The Bertz CT molecular complexity index is 411. The number of amides is 1. The highest BCUT2D eigenvalue weighted by molar-refractivity contribution is 5.85. The van der Waals surface area contributed by atoms with Crippen LogP contribution < -0.4 is 11.1 Å². The largest absolute Gasteiger partial charge is 0.349 e. The summed E-state index contributed by atoms with van der Waals surface area (Å²) in [4.78, 5) is 11.4. The van der Waals surface area contributed by atoms with Crippen molar-refractivity contribution in [3.8, 4) is 0 Å². The number of hydrogen-bond acceptors (Lipinski definition) is 2. The normalized spacial score (nSPS) is 17.2. The van der Waals surface area contributed by atoms with E-state index in [2.05, 4.69) is 5.32 Å². The third-order valence-corrected chi connectivity index (χ3v) is 2.92. The van der Waals surface area contributed by atoms with Crippen molar-refractivity contribution in [1.82, 2.24) is 5.32 Å². The number of benzene rings is 1. The third kappa shape index (κ3) is 2.96. The van der Waals surface area contributed by atoms with Crippen LogP contribution in [0.3, 0.4) is 0 Å². The first-order valence-electron chi connectivity index (χ1n) is 5.49. The smallest absolute Gasteiger partial charge is 0.221 e. The standard InChI is InChI=1S/C12H15FN2O.ClH/c13-10-3-1-2-9-8(10)4-5-11(9)15-12(16)6-7-14;/h1-3,11H,4-7,14H2,(H,15,16);1H. The molecule has 0 heterocycles. The first-order valence-corrected chi connectivity index (χ1v) is 5.49. The molecular formula is C12H16ClFN2O. The molecule has 0 bridgehead atoms. The Balaban J connectivity index is 0.00000144. The summed E-state index contributed by atoms with van der Waals surface area (Å²) in [6, 6.07) is 4.97. The summed E-state index contributed by atoms with van der Waals surface area (Å²) in [6.45, 7) is 0.342. The lowest BCUT2D eigenvalue weighted by Crippen LogP contribution is -2.28. The third-order valence-electron chi connectivity index (χ3n) is 2.92. The molecule has 5 heteroatoms. The Hall–Kier alpha value is -1.13. The second kappa shape index (κ2) is 5.98. The van der Waals surface area contributed by atoms with E-state index in [1.807, 2.05) is 6.07 Å². The molecule has 3 N–H and O–H groups in total. The van der Waals surface area contributed by atoms with Gasteiger partial charge in [-0.25, -0.2) is 4.39 Å². The monoisotopic (exact) mass is 258 g/mol. The van der Waals surface area contributed by atoms with E-state index in [1.54, 1.807) is 6.07 Å². The van der Waals surface area contributed by atoms with Crippen molar-refractivity contribution in [3.63, 3.8) is 0 Å². The van der Waals surface area contributed by atoms with Crippen molar-refractivity contribution in [1.29, 1.82) is 0 Å². The van der Waals surface area contributed by atoms with Crippen LogP contribution in [0.4, 0.5) is 4.39 Å². The highest BCUT2D eigenvalue weighted by Gasteiger charge is 2.25. The summed E-state index contributed by atoms with van der Waals surface area (Å²) in [5, 5.41) is 2.88. The first kappa shape index (κ1) is 13.9. The van der Waals surface area contributed by atoms with Crippen molar-refractivity contribution < 1.29 is 9.18 Å². The van der Waals surface area contributed by atoms with Crippen LogP contribution in [-0.2, 0) is 11.2 Å². The van der Waals surface area contributed by atoms with Crippen LogP contribution in [0.1, 0.15) is 30.0 Å². The van der Waals surface area contributed by atoms with E-state index < -0.39 is 0 Å². The maximum atomic E-state index is 13.4. The van der Waals surface area contributed by atoms with Gasteiger partial charge in [0, 0.05) is 13.0 Å². The highest BCUT2D eigenvalue weighted by Crippen LogP contribution is 2.32. The number of fused-ring (bicyclic) bond motifs is 1. The number of halogens is 2. The van der Waals surface area contributed by atoms with E-state index in [0.717, 1.165) is 17.5 Å². The molecule has 1 amide bonds. The van der Waals surface area contributed by atoms with Crippen LogP contribution in [-0.4, -0.2) is 12.5 Å². The number of rotatable bonds is 3. The lowest BCUT2D eigenvalue weighted by molar-refractivity contribution is -0.121. The van der Waals surface area contributed by atoms with Gasteiger partial charge in [-0.15, -0.1) is 12.4 Å². The molecule has 0 aliphatic heterocycles. The van der Waals surface area contributed by atoms with Gasteiger partial charge in [0.1, 0.15) is 5.82 Å². The minimum atomic E-state index is -0.173. The average molecular weight is 259 g/mol. The van der Waals surface area contributed by atoms with Crippen LogP contribution in [0.15, 0.2) is 18.2 Å². The van der Waals surface area contributed by atoms with Gasteiger partial charge in [0.2, 0.25) is 5.91 Å². The Morgan fingerprint density at radius 1 is 1.53 bits per heavy atom. The fourth-order valence-electron chi connectivity index (χ4n) is 2.16. The molecule has 3 nitrogen and oxygen atoms in total. The average Bonchev–Trinajstić information content (AvgIpc) is 2.64. The molecule has 94 valence electrons. The Morgan fingerprint density at radius 2 is 2.29 bits per heavy atom. The van der Waals surface area contributed by atoms with Crippen molar-refractivity contribution in [2.75, 3.05) is 6.54 Å². The minimum absolute atomic E-state index is 0. The summed E-state index contributed by atoms with van der Waals surface area (Å²) in [5.41, 5.74) is 6.95.